The molecule has 0 bridgehead atoms. The van der Waals surface area contributed by atoms with Crippen LogP contribution in [0.2, 0.25) is 0 Å². The molecule has 3 aromatic rings. The molecular weight excluding hydrogens is 536 g/mol. The van der Waals surface area contributed by atoms with E-state index < -0.39 is 29.4 Å². The minimum absolute atomic E-state index is 0.00669. The zero-order valence-corrected chi connectivity index (χ0v) is 22.6. The van der Waals surface area contributed by atoms with E-state index in [4.69, 9.17) is 18.9 Å². The van der Waals surface area contributed by atoms with E-state index in [-0.39, 0.29) is 37.8 Å². The number of ether oxygens (including phenoxy) is 4. The number of carboxylic acids is 1. The van der Waals surface area contributed by atoms with Gasteiger partial charge in [-0.3, -0.25) is 9.59 Å². The zero-order valence-electron chi connectivity index (χ0n) is 22.6. The van der Waals surface area contributed by atoms with Gasteiger partial charge in [0.25, 0.3) is 5.56 Å². The Morgan fingerprint density at radius 3 is 2.83 bits per heavy atom. The number of aliphatic carboxylic acids is 1. The van der Waals surface area contributed by atoms with E-state index >= 15 is 0 Å². The van der Waals surface area contributed by atoms with Crippen LogP contribution in [-0.4, -0.2) is 77.1 Å². The molecule has 3 N–H and O–H groups in total. The SMILES string of the molecule is CC(C)(COC(=O)NCC(=O)N1CCCC1C(=O)O)COc1cccc(-c2nc3c4c(ccc3[nH]c2=O)OCO4)c1. The summed E-state index contributed by atoms with van der Waals surface area (Å²) in [6, 6.07) is 9.50. The number of nitrogens with one attached hydrogen (secondary N) is 2. The van der Waals surface area contributed by atoms with Gasteiger partial charge in [0.1, 0.15) is 36.2 Å². The summed E-state index contributed by atoms with van der Waals surface area (Å²) in [5.74, 6) is -0.00658. The van der Waals surface area contributed by atoms with E-state index in [1.807, 2.05) is 13.8 Å². The zero-order chi connectivity index (χ0) is 29.1. The summed E-state index contributed by atoms with van der Waals surface area (Å²) in [6.07, 6.45) is 0.206. The number of hydrogen-bond donors (Lipinski definition) is 3. The van der Waals surface area contributed by atoms with Gasteiger partial charge in [-0.05, 0) is 37.1 Å². The second-order valence-corrected chi connectivity index (χ2v) is 10.6. The van der Waals surface area contributed by atoms with E-state index in [0.29, 0.717) is 53.2 Å². The quantitative estimate of drug-likeness (QED) is 0.350. The van der Waals surface area contributed by atoms with Crippen molar-refractivity contribution in [2.24, 2.45) is 5.41 Å². The number of H-pyrrole nitrogens is 1. The molecule has 13 nitrogen and oxygen atoms in total. The molecule has 216 valence electrons. The number of aromatic amines is 1. The average Bonchev–Trinajstić information content (AvgIpc) is 3.64. The molecule has 5 rings (SSSR count). The number of amides is 2. The fourth-order valence-electron chi connectivity index (χ4n) is 4.65. The third-order valence-corrected chi connectivity index (χ3v) is 6.77. The number of benzene rings is 2. The lowest BCUT2D eigenvalue weighted by molar-refractivity contribution is -0.147. The lowest BCUT2D eigenvalue weighted by Crippen LogP contribution is -2.45. The molecule has 1 saturated heterocycles. The van der Waals surface area contributed by atoms with Crippen LogP contribution in [0.3, 0.4) is 0 Å². The van der Waals surface area contributed by atoms with Gasteiger partial charge in [-0.1, -0.05) is 26.0 Å². The van der Waals surface area contributed by atoms with Crippen LogP contribution in [0.4, 0.5) is 4.79 Å². The summed E-state index contributed by atoms with van der Waals surface area (Å²) >= 11 is 0. The molecular formula is C28H30N4O9. The molecule has 3 heterocycles. The summed E-state index contributed by atoms with van der Waals surface area (Å²) in [6.45, 7) is 3.93. The highest BCUT2D eigenvalue weighted by atomic mass is 16.7. The maximum absolute atomic E-state index is 12.8. The number of carbonyl (C=O) groups excluding carboxylic acids is 2. The van der Waals surface area contributed by atoms with Crippen LogP contribution >= 0.6 is 0 Å². The molecule has 0 radical (unpaired) electrons. The Morgan fingerprint density at radius 1 is 1.20 bits per heavy atom. The van der Waals surface area contributed by atoms with E-state index in [9.17, 15) is 24.3 Å². The summed E-state index contributed by atoms with van der Waals surface area (Å²) < 4.78 is 22.2. The molecule has 41 heavy (non-hydrogen) atoms. The maximum Gasteiger partial charge on any atom is 0.407 e. The van der Waals surface area contributed by atoms with Gasteiger partial charge in [0.15, 0.2) is 11.5 Å². The van der Waals surface area contributed by atoms with Gasteiger partial charge in [-0.25, -0.2) is 14.6 Å². The highest BCUT2D eigenvalue weighted by molar-refractivity contribution is 5.87. The number of likely N-dealkylation sites (tertiary alicyclic amines) is 1. The summed E-state index contributed by atoms with van der Waals surface area (Å²) in [5, 5.41) is 11.6. The lowest BCUT2D eigenvalue weighted by atomic mass is 9.96. The molecule has 2 amide bonds. The first-order valence-electron chi connectivity index (χ1n) is 13.1. The maximum atomic E-state index is 12.8. The molecule has 2 aliphatic rings. The molecule has 1 atom stereocenters. The molecule has 0 saturated carbocycles. The Balaban J connectivity index is 1.16. The van der Waals surface area contributed by atoms with Crippen LogP contribution in [0, 0.1) is 5.41 Å². The number of hydrogen-bond acceptors (Lipinski definition) is 9. The molecule has 1 unspecified atom stereocenters. The first-order chi connectivity index (χ1) is 19.6. The topological polar surface area (TPSA) is 169 Å². The molecule has 1 fully saturated rings. The van der Waals surface area contributed by atoms with Crippen molar-refractivity contribution in [2.75, 3.05) is 33.1 Å². The minimum Gasteiger partial charge on any atom is -0.493 e. The van der Waals surface area contributed by atoms with Gasteiger partial charge >= 0.3 is 12.1 Å². The molecule has 13 heteroatoms. The van der Waals surface area contributed by atoms with Crippen molar-refractivity contribution in [1.82, 2.24) is 20.2 Å². The number of nitrogens with zero attached hydrogens (tertiary/aromatic N) is 2. The van der Waals surface area contributed by atoms with Crippen molar-refractivity contribution in [3.05, 3.63) is 46.8 Å². The van der Waals surface area contributed by atoms with Crippen molar-refractivity contribution in [3.8, 4) is 28.5 Å². The van der Waals surface area contributed by atoms with Crippen LogP contribution in [-0.2, 0) is 14.3 Å². The van der Waals surface area contributed by atoms with Crippen molar-refractivity contribution in [1.29, 1.82) is 0 Å². The van der Waals surface area contributed by atoms with Crippen LogP contribution < -0.4 is 25.1 Å². The summed E-state index contributed by atoms with van der Waals surface area (Å²) in [4.78, 5) is 57.2. The monoisotopic (exact) mass is 566 g/mol. The first-order valence-corrected chi connectivity index (χ1v) is 13.1. The van der Waals surface area contributed by atoms with Gasteiger partial charge in [-0.2, -0.15) is 0 Å². The Hall–Kier alpha value is -4.81. The van der Waals surface area contributed by atoms with Crippen LogP contribution in [0.1, 0.15) is 26.7 Å². The Kier molecular flexibility index (Phi) is 7.68. The molecule has 2 aliphatic heterocycles. The van der Waals surface area contributed by atoms with E-state index in [1.165, 1.54) is 4.90 Å². The fourth-order valence-corrected chi connectivity index (χ4v) is 4.65. The first kappa shape index (κ1) is 27.7. The highest BCUT2D eigenvalue weighted by Crippen LogP contribution is 2.37. The van der Waals surface area contributed by atoms with Gasteiger partial charge in [0.05, 0.1) is 12.1 Å². The summed E-state index contributed by atoms with van der Waals surface area (Å²) in [5.41, 5.74) is 0.798. The van der Waals surface area contributed by atoms with Gasteiger partial charge in [-0.15, -0.1) is 0 Å². The molecule has 0 aliphatic carbocycles. The Bertz CT molecular complexity index is 1550. The van der Waals surface area contributed by atoms with Crippen LogP contribution in [0.15, 0.2) is 41.2 Å². The van der Waals surface area contributed by atoms with E-state index in [2.05, 4.69) is 15.3 Å². The number of alkyl carbamates (subject to hydrolysis) is 1. The fraction of sp³-hybridized carbons (Fsp3) is 0.393. The smallest absolute Gasteiger partial charge is 0.407 e. The van der Waals surface area contributed by atoms with E-state index in [0.717, 1.165) is 0 Å². The molecule has 2 aromatic carbocycles. The second kappa shape index (κ2) is 11.4. The second-order valence-electron chi connectivity index (χ2n) is 10.6. The van der Waals surface area contributed by atoms with Gasteiger partial charge in [0, 0.05) is 17.5 Å². The van der Waals surface area contributed by atoms with Gasteiger partial charge in [0.2, 0.25) is 12.7 Å². The van der Waals surface area contributed by atoms with Crippen LogP contribution in [0.25, 0.3) is 22.3 Å². The third-order valence-electron chi connectivity index (χ3n) is 6.77. The standard InChI is InChI=1S/C28H30N4O9/c1-28(2,14-39-27(37)29-12-21(33)32-10-4-7-19(32)26(35)36)13-38-17-6-3-5-16(11-17)22-25(34)30-18-8-9-20-24(23(18)31-22)41-15-40-20/h3,5-6,8-9,11,19H,4,7,10,12-15H2,1-2H3,(H,29,37)(H,30,34)(H,35,36). The normalized spacial score (nSPS) is 16.0. The third kappa shape index (κ3) is 6.18. The highest BCUT2D eigenvalue weighted by Gasteiger charge is 2.34. The van der Waals surface area contributed by atoms with Crippen LogP contribution in [0.5, 0.6) is 17.2 Å². The lowest BCUT2D eigenvalue weighted by Gasteiger charge is -2.25. The Labute approximate surface area is 234 Å². The van der Waals surface area contributed by atoms with E-state index in [1.54, 1.807) is 36.4 Å². The number of aromatic nitrogens is 2. The largest absolute Gasteiger partial charge is 0.493 e. The van der Waals surface area contributed by atoms with Crippen molar-refractivity contribution < 1.29 is 38.4 Å². The summed E-state index contributed by atoms with van der Waals surface area (Å²) in [7, 11) is 0. The predicted octanol–water partition coefficient (Wildman–Crippen LogP) is 2.53. The van der Waals surface area contributed by atoms with Crippen molar-refractivity contribution >= 4 is 29.0 Å². The Morgan fingerprint density at radius 2 is 2.02 bits per heavy atom. The number of fused-ring (bicyclic) bond motifs is 3. The number of carboxylic acid groups (broad SMARTS) is 1. The number of carbonyl (C=O) groups is 3. The molecule has 0 spiro atoms. The predicted molar refractivity (Wildman–Crippen MR) is 145 cm³/mol. The minimum atomic E-state index is -1.06. The average molecular weight is 567 g/mol. The van der Waals surface area contributed by atoms with Gasteiger partial charge < -0.3 is 39.3 Å². The number of rotatable bonds is 9. The molecule has 1 aromatic heterocycles. The van der Waals surface area contributed by atoms with Crippen molar-refractivity contribution in [2.45, 2.75) is 32.7 Å². The van der Waals surface area contributed by atoms with Crippen molar-refractivity contribution in [3.63, 3.8) is 0 Å².